The third kappa shape index (κ3) is 5.19. The van der Waals surface area contributed by atoms with Crippen molar-refractivity contribution in [2.24, 2.45) is 5.73 Å². The molecule has 0 unspecified atom stereocenters. The van der Waals surface area contributed by atoms with Gasteiger partial charge in [-0.15, -0.1) is 0 Å². The Hall–Kier alpha value is -1.63. The highest BCUT2D eigenvalue weighted by atomic mass is 32.2. The molecule has 144 valence electrons. The van der Waals surface area contributed by atoms with Crippen LogP contribution >= 0.6 is 0 Å². The molecule has 2 rings (SSSR count). The van der Waals surface area contributed by atoms with Crippen molar-refractivity contribution < 1.29 is 8.42 Å². The molecule has 2 aromatic rings. The highest BCUT2D eigenvalue weighted by molar-refractivity contribution is 7.89. The molecule has 0 fully saturated rings. The van der Waals surface area contributed by atoms with E-state index in [1.54, 1.807) is 12.1 Å². The second-order valence-electron chi connectivity index (χ2n) is 6.97. The minimum absolute atomic E-state index is 0.221. The fraction of sp³-hybridized carbons (Fsp3) is 0.500. The number of fused-ring (bicyclic) bond motifs is 1. The van der Waals surface area contributed by atoms with Crippen LogP contribution in [0.3, 0.4) is 0 Å². The Morgan fingerprint density at radius 2 is 1.73 bits per heavy atom. The van der Waals surface area contributed by atoms with Crippen LogP contribution in [0.4, 0.5) is 5.69 Å². The first-order valence-corrected chi connectivity index (χ1v) is 10.8. The molecule has 0 amide bonds. The van der Waals surface area contributed by atoms with Crippen molar-refractivity contribution in [3.8, 4) is 0 Å². The molecule has 0 radical (unpaired) electrons. The molecule has 0 bridgehead atoms. The lowest BCUT2D eigenvalue weighted by atomic mass is 10.1. The van der Waals surface area contributed by atoms with Crippen LogP contribution in [0.5, 0.6) is 0 Å². The fourth-order valence-corrected chi connectivity index (χ4v) is 4.51. The zero-order valence-electron chi connectivity index (χ0n) is 16.0. The number of sulfonamides is 1. The van der Waals surface area contributed by atoms with Crippen LogP contribution < -0.4 is 15.4 Å². The number of hydrogen-bond acceptors (Lipinski definition) is 4. The third-order valence-corrected chi connectivity index (χ3v) is 6.10. The minimum Gasteiger partial charge on any atom is -0.377 e. The van der Waals surface area contributed by atoms with Crippen molar-refractivity contribution in [2.75, 3.05) is 25.5 Å². The average Bonchev–Trinajstić information content (AvgIpc) is 2.60. The van der Waals surface area contributed by atoms with E-state index in [2.05, 4.69) is 11.6 Å². The van der Waals surface area contributed by atoms with Crippen molar-refractivity contribution in [1.29, 1.82) is 0 Å². The maximum absolute atomic E-state index is 12.8. The van der Waals surface area contributed by atoms with Gasteiger partial charge >= 0.3 is 0 Å². The standard InChI is InChI=1S/C20H31N3O2S/c1-4-9-16(21)10-5-6-15-22-26(24,25)20-14-8-11-17-18(20)12-7-13-19(17)23(2)3/h7-8,11-14,16,22H,4-6,9-10,15,21H2,1-3H3/t16-/m0/s1. The van der Waals surface area contributed by atoms with Gasteiger partial charge < -0.3 is 10.6 Å². The topological polar surface area (TPSA) is 75.4 Å². The zero-order chi connectivity index (χ0) is 19.2. The Morgan fingerprint density at radius 1 is 1.04 bits per heavy atom. The number of hydrogen-bond donors (Lipinski definition) is 2. The number of nitrogens with zero attached hydrogens (tertiary/aromatic N) is 1. The number of anilines is 1. The van der Waals surface area contributed by atoms with Crippen LogP contribution in [-0.2, 0) is 10.0 Å². The van der Waals surface area contributed by atoms with Gasteiger partial charge in [-0.2, -0.15) is 0 Å². The Balaban J connectivity index is 2.08. The van der Waals surface area contributed by atoms with E-state index in [0.29, 0.717) is 11.4 Å². The molecular formula is C20H31N3O2S. The molecule has 0 aliphatic carbocycles. The first kappa shape index (κ1) is 20.7. The molecule has 5 nitrogen and oxygen atoms in total. The number of nitrogens with one attached hydrogen (secondary N) is 1. The zero-order valence-corrected chi connectivity index (χ0v) is 16.8. The molecule has 0 aliphatic rings. The summed E-state index contributed by atoms with van der Waals surface area (Å²) in [7, 11) is 0.372. The summed E-state index contributed by atoms with van der Waals surface area (Å²) in [5, 5.41) is 1.68. The smallest absolute Gasteiger partial charge is 0.241 e. The van der Waals surface area contributed by atoms with Gasteiger partial charge in [0.1, 0.15) is 0 Å². The van der Waals surface area contributed by atoms with Gasteiger partial charge in [0.2, 0.25) is 10.0 Å². The quantitative estimate of drug-likeness (QED) is 0.622. The van der Waals surface area contributed by atoms with Crippen molar-refractivity contribution in [1.82, 2.24) is 4.72 Å². The number of benzene rings is 2. The lowest BCUT2D eigenvalue weighted by molar-refractivity contribution is 0.522. The summed E-state index contributed by atoms with van der Waals surface area (Å²) < 4.78 is 28.3. The van der Waals surface area contributed by atoms with Gasteiger partial charge in [-0.1, -0.05) is 44.0 Å². The first-order chi connectivity index (χ1) is 12.4. The Morgan fingerprint density at radius 3 is 2.42 bits per heavy atom. The monoisotopic (exact) mass is 377 g/mol. The Labute approximate surface area is 157 Å². The minimum atomic E-state index is -3.54. The van der Waals surface area contributed by atoms with E-state index in [9.17, 15) is 8.42 Å². The Bertz CT molecular complexity index is 819. The van der Waals surface area contributed by atoms with Gasteiger partial charge in [-0.05, 0) is 31.4 Å². The molecule has 3 N–H and O–H groups in total. The summed E-state index contributed by atoms with van der Waals surface area (Å²) in [6.07, 6.45) is 4.78. The second kappa shape index (κ2) is 9.35. The molecule has 1 atom stereocenters. The molecule has 0 saturated heterocycles. The summed E-state index contributed by atoms with van der Waals surface area (Å²) >= 11 is 0. The Kier molecular flexibility index (Phi) is 7.43. The van der Waals surface area contributed by atoms with E-state index in [0.717, 1.165) is 48.6 Å². The molecule has 0 heterocycles. The van der Waals surface area contributed by atoms with Crippen LogP contribution in [-0.4, -0.2) is 35.1 Å². The predicted octanol–water partition coefficient (Wildman–Crippen LogP) is 3.48. The first-order valence-electron chi connectivity index (χ1n) is 9.31. The molecular weight excluding hydrogens is 346 g/mol. The fourth-order valence-electron chi connectivity index (χ4n) is 3.22. The van der Waals surface area contributed by atoms with E-state index in [1.165, 1.54) is 0 Å². The van der Waals surface area contributed by atoms with Crippen molar-refractivity contribution in [3.63, 3.8) is 0 Å². The van der Waals surface area contributed by atoms with Gasteiger partial charge in [0.05, 0.1) is 4.90 Å². The van der Waals surface area contributed by atoms with Crippen LogP contribution in [0.15, 0.2) is 41.3 Å². The molecule has 0 aliphatic heterocycles. The molecule has 0 saturated carbocycles. The van der Waals surface area contributed by atoms with Crippen molar-refractivity contribution in [2.45, 2.75) is 50.0 Å². The highest BCUT2D eigenvalue weighted by Gasteiger charge is 2.18. The van der Waals surface area contributed by atoms with Crippen LogP contribution in [0.2, 0.25) is 0 Å². The molecule has 0 aromatic heterocycles. The lowest BCUT2D eigenvalue weighted by Crippen LogP contribution is -2.26. The molecule has 26 heavy (non-hydrogen) atoms. The molecule has 2 aromatic carbocycles. The number of nitrogens with two attached hydrogens (primary N) is 1. The molecule has 6 heteroatoms. The lowest BCUT2D eigenvalue weighted by Gasteiger charge is -2.17. The largest absolute Gasteiger partial charge is 0.377 e. The van der Waals surface area contributed by atoms with Gasteiger partial charge in [-0.3, -0.25) is 0 Å². The summed E-state index contributed by atoms with van der Waals surface area (Å²) in [5.41, 5.74) is 7.01. The van der Waals surface area contributed by atoms with Crippen molar-refractivity contribution in [3.05, 3.63) is 36.4 Å². The van der Waals surface area contributed by atoms with E-state index in [4.69, 9.17) is 5.73 Å². The number of unbranched alkanes of at least 4 members (excludes halogenated alkanes) is 1. The predicted molar refractivity (Wildman–Crippen MR) is 110 cm³/mol. The number of rotatable bonds is 10. The molecule has 0 spiro atoms. The van der Waals surface area contributed by atoms with Gasteiger partial charge in [0, 0.05) is 43.1 Å². The van der Waals surface area contributed by atoms with E-state index in [-0.39, 0.29) is 6.04 Å². The highest BCUT2D eigenvalue weighted by Crippen LogP contribution is 2.30. The maximum Gasteiger partial charge on any atom is 0.241 e. The third-order valence-electron chi connectivity index (χ3n) is 4.58. The van der Waals surface area contributed by atoms with Gasteiger partial charge in [0.25, 0.3) is 0 Å². The van der Waals surface area contributed by atoms with Gasteiger partial charge in [0.15, 0.2) is 0 Å². The summed E-state index contributed by atoms with van der Waals surface area (Å²) in [6, 6.07) is 11.4. The van der Waals surface area contributed by atoms with E-state index in [1.807, 2.05) is 43.3 Å². The van der Waals surface area contributed by atoms with Crippen molar-refractivity contribution >= 4 is 26.5 Å². The summed E-state index contributed by atoms with van der Waals surface area (Å²) in [6.45, 7) is 2.56. The van der Waals surface area contributed by atoms with Crippen LogP contribution in [0.25, 0.3) is 10.8 Å². The van der Waals surface area contributed by atoms with Gasteiger partial charge in [-0.25, -0.2) is 13.1 Å². The van der Waals surface area contributed by atoms with Crippen LogP contribution in [0.1, 0.15) is 39.0 Å². The van der Waals surface area contributed by atoms with E-state index >= 15 is 0 Å². The van der Waals surface area contributed by atoms with Crippen LogP contribution in [0, 0.1) is 0 Å². The maximum atomic E-state index is 12.8. The summed E-state index contributed by atoms with van der Waals surface area (Å²) in [4.78, 5) is 2.33. The SMILES string of the molecule is CCC[C@H](N)CCCCNS(=O)(=O)c1cccc2c(N(C)C)cccc12. The average molecular weight is 378 g/mol. The second-order valence-corrected chi connectivity index (χ2v) is 8.70. The van der Waals surface area contributed by atoms with E-state index < -0.39 is 10.0 Å². The normalized spacial score (nSPS) is 13.1. The summed E-state index contributed by atoms with van der Waals surface area (Å²) in [5.74, 6) is 0.